The van der Waals surface area contributed by atoms with Gasteiger partial charge in [0.25, 0.3) is 5.56 Å². The van der Waals surface area contributed by atoms with Gasteiger partial charge in [0.15, 0.2) is 4.96 Å². The van der Waals surface area contributed by atoms with Crippen LogP contribution in [0.4, 0.5) is 0 Å². The lowest BCUT2D eigenvalue weighted by molar-refractivity contribution is 0.306. The molecule has 0 unspecified atom stereocenters. The van der Waals surface area contributed by atoms with Crippen LogP contribution in [0, 0.1) is 0 Å². The fraction of sp³-hybridized carbons (Fsp3) is 0.0435. The summed E-state index contributed by atoms with van der Waals surface area (Å²) in [5.41, 5.74) is 3.39. The number of fused-ring (bicyclic) bond motifs is 3. The van der Waals surface area contributed by atoms with Crippen LogP contribution >= 0.6 is 34.5 Å². The number of halogens is 2. The predicted octanol–water partition coefficient (Wildman–Crippen LogP) is 5.34. The highest BCUT2D eigenvalue weighted by Gasteiger charge is 2.10. The number of hydrogen-bond acceptors (Lipinski definition) is 4. The molecule has 0 spiro atoms. The van der Waals surface area contributed by atoms with E-state index >= 15 is 0 Å². The van der Waals surface area contributed by atoms with Gasteiger partial charge in [-0.05, 0) is 53.6 Å². The van der Waals surface area contributed by atoms with Crippen LogP contribution in [0.15, 0.2) is 71.5 Å². The normalized spacial score (nSPS) is 12.1. The van der Waals surface area contributed by atoms with Crippen molar-refractivity contribution in [2.45, 2.75) is 6.61 Å². The van der Waals surface area contributed by atoms with Crippen LogP contribution < -0.4 is 14.8 Å². The third-order valence-electron chi connectivity index (χ3n) is 4.69. The van der Waals surface area contributed by atoms with Gasteiger partial charge in [0.2, 0.25) is 0 Å². The van der Waals surface area contributed by atoms with E-state index in [0.29, 0.717) is 31.9 Å². The quantitative estimate of drug-likeness (QED) is 0.369. The van der Waals surface area contributed by atoms with Crippen LogP contribution in [0.3, 0.4) is 0 Å². The van der Waals surface area contributed by atoms with E-state index in [9.17, 15) is 4.79 Å². The predicted molar refractivity (Wildman–Crippen MR) is 123 cm³/mol. The van der Waals surface area contributed by atoms with E-state index in [1.807, 2.05) is 60.7 Å². The standard InChI is InChI=1S/C23H14Cl2N2O2S/c24-17-9-8-15(11-18(17)25)13-29-16-5-3-4-14(10-16)12-21-22(28)27-20-7-2-1-6-19(20)26-23(27)30-21/h1-12H,13H2/b21-12-. The molecular weight excluding hydrogens is 439 g/mol. The van der Waals surface area contributed by atoms with E-state index < -0.39 is 0 Å². The van der Waals surface area contributed by atoms with Gasteiger partial charge in [0.05, 0.1) is 25.6 Å². The summed E-state index contributed by atoms with van der Waals surface area (Å²) in [6, 6.07) is 20.7. The molecule has 3 aromatic carbocycles. The van der Waals surface area contributed by atoms with Gasteiger partial charge in [-0.1, -0.05) is 64.9 Å². The summed E-state index contributed by atoms with van der Waals surface area (Å²) in [5, 5.41) is 1.01. The molecule has 5 rings (SSSR count). The average molecular weight is 453 g/mol. The zero-order valence-electron chi connectivity index (χ0n) is 15.5. The van der Waals surface area contributed by atoms with Crippen LogP contribution in [0.25, 0.3) is 22.1 Å². The fourth-order valence-corrected chi connectivity index (χ4v) is 4.56. The Kier molecular flexibility index (Phi) is 4.95. The van der Waals surface area contributed by atoms with E-state index in [-0.39, 0.29) is 5.56 Å². The lowest BCUT2D eigenvalue weighted by Gasteiger charge is -2.07. The molecule has 148 valence electrons. The first-order valence-corrected chi connectivity index (χ1v) is 10.7. The zero-order chi connectivity index (χ0) is 20.7. The van der Waals surface area contributed by atoms with Gasteiger partial charge in [-0.3, -0.25) is 4.79 Å². The molecule has 2 aromatic heterocycles. The molecule has 0 saturated heterocycles. The lowest BCUT2D eigenvalue weighted by Crippen LogP contribution is -2.22. The smallest absolute Gasteiger partial charge is 0.274 e. The van der Waals surface area contributed by atoms with Crippen molar-refractivity contribution in [3.63, 3.8) is 0 Å². The molecule has 0 bridgehead atoms. The van der Waals surface area contributed by atoms with Gasteiger partial charge in [-0.2, -0.15) is 0 Å². The Morgan fingerprint density at radius 2 is 1.87 bits per heavy atom. The summed E-state index contributed by atoms with van der Waals surface area (Å²) in [4.78, 5) is 18.2. The molecule has 30 heavy (non-hydrogen) atoms. The molecule has 7 heteroatoms. The first kappa shape index (κ1) is 19.1. The minimum atomic E-state index is -0.0640. The van der Waals surface area contributed by atoms with Crippen molar-refractivity contribution < 1.29 is 4.74 Å². The number of thiazole rings is 1. The maximum absolute atomic E-state index is 12.9. The summed E-state index contributed by atoms with van der Waals surface area (Å²) in [5.74, 6) is 0.703. The Morgan fingerprint density at radius 3 is 2.73 bits per heavy atom. The third-order valence-corrected chi connectivity index (χ3v) is 6.40. The van der Waals surface area contributed by atoms with Crippen LogP contribution in [0.5, 0.6) is 5.75 Å². The Bertz CT molecular complexity index is 1510. The first-order valence-electron chi connectivity index (χ1n) is 9.17. The third kappa shape index (κ3) is 3.56. The molecule has 0 aliphatic heterocycles. The number of imidazole rings is 1. The second-order valence-corrected chi connectivity index (χ2v) is 8.57. The average Bonchev–Trinajstić information content (AvgIpc) is 3.25. The number of ether oxygens (including phenoxy) is 1. The largest absolute Gasteiger partial charge is 0.489 e. The van der Waals surface area contributed by atoms with Gasteiger partial charge in [0, 0.05) is 0 Å². The van der Waals surface area contributed by atoms with Crippen LogP contribution in [0.1, 0.15) is 11.1 Å². The molecule has 0 amide bonds. The summed E-state index contributed by atoms with van der Waals surface area (Å²) in [6.45, 7) is 0.367. The lowest BCUT2D eigenvalue weighted by atomic mass is 10.2. The minimum absolute atomic E-state index is 0.0640. The van der Waals surface area contributed by atoms with Gasteiger partial charge >= 0.3 is 0 Å². The van der Waals surface area contributed by atoms with Gasteiger partial charge in [0.1, 0.15) is 12.4 Å². The van der Waals surface area contributed by atoms with Crippen molar-refractivity contribution in [3.05, 3.63) is 103 Å². The van der Waals surface area contributed by atoms with E-state index in [1.165, 1.54) is 11.3 Å². The number of nitrogens with zero attached hydrogens (tertiary/aromatic N) is 2. The van der Waals surface area contributed by atoms with Crippen LogP contribution in [0.2, 0.25) is 10.0 Å². The highest BCUT2D eigenvalue weighted by molar-refractivity contribution is 7.15. The first-order chi connectivity index (χ1) is 14.6. The maximum atomic E-state index is 12.9. The van der Waals surface area contributed by atoms with Gasteiger partial charge < -0.3 is 4.74 Å². The Labute approximate surface area is 185 Å². The second-order valence-electron chi connectivity index (χ2n) is 6.74. The SMILES string of the molecule is O=c1/c(=C/c2cccc(OCc3ccc(Cl)c(Cl)c3)c2)sc2nc3ccccc3n12. The number of benzene rings is 3. The van der Waals surface area contributed by atoms with Crippen molar-refractivity contribution in [1.82, 2.24) is 9.38 Å². The van der Waals surface area contributed by atoms with Crippen molar-refractivity contribution in [2.24, 2.45) is 0 Å². The van der Waals surface area contributed by atoms with Gasteiger partial charge in [-0.15, -0.1) is 0 Å². The molecular formula is C23H14Cl2N2O2S. The van der Waals surface area contributed by atoms with Crippen molar-refractivity contribution in [3.8, 4) is 5.75 Å². The van der Waals surface area contributed by atoms with E-state index in [4.69, 9.17) is 27.9 Å². The van der Waals surface area contributed by atoms with Crippen molar-refractivity contribution in [2.75, 3.05) is 0 Å². The maximum Gasteiger partial charge on any atom is 0.274 e. The molecule has 2 heterocycles. The highest BCUT2D eigenvalue weighted by Crippen LogP contribution is 2.24. The molecule has 4 nitrogen and oxygen atoms in total. The van der Waals surface area contributed by atoms with E-state index in [0.717, 1.165) is 22.2 Å². The summed E-state index contributed by atoms with van der Waals surface area (Å²) in [6.07, 6.45) is 1.86. The molecule has 0 radical (unpaired) electrons. The number of aromatic nitrogens is 2. The molecule has 0 aliphatic rings. The highest BCUT2D eigenvalue weighted by atomic mass is 35.5. The molecule has 0 atom stereocenters. The summed E-state index contributed by atoms with van der Waals surface area (Å²) < 4.78 is 8.18. The van der Waals surface area contributed by atoms with Crippen LogP contribution in [-0.4, -0.2) is 9.38 Å². The number of para-hydroxylation sites is 2. The Hall–Kier alpha value is -2.86. The van der Waals surface area contributed by atoms with Crippen molar-refractivity contribution >= 4 is 56.6 Å². The molecule has 0 N–H and O–H groups in total. The molecule has 0 fully saturated rings. The molecule has 0 saturated carbocycles. The Balaban J connectivity index is 1.45. The number of hydrogen-bond donors (Lipinski definition) is 0. The summed E-state index contributed by atoms with van der Waals surface area (Å²) >= 11 is 13.4. The van der Waals surface area contributed by atoms with Gasteiger partial charge in [-0.25, -0.2) is 9.38 Å². The minimum Gasteiger partial charge on any atom is -0.489 e. The fourth-order valence-electron chi connectivity index (χ4n) is 3.25. The van der Waals surface area contributed by atoms with Crippen LogP contribution in [-0.2, 0) is 6.61 Å². The Morgan fingerprint density at radius 1 is 1.00 bits per heavy atom. The second kappa shape index (κ2) is 7.76. The zero-order valence-corrected chi connectivity index (χ0v) is 17.8. The summed E-state index contributed by atoms with van der Waals surface area (Å²) in [7, 11) is 0. The molecule has 5 aromatic rings. The van der Waals surface area contributed by atoms with E-state index in [1.54, 1.807) is 16.5 Å². The number of rotatable bonds is 4. The van der Waals surface area contributed by atoms with Crippen molar-refractivity contribution in [1.29, 1.82) is 0 Å². The topological polar surface area (TPSA) is 43.6 Å². The van der Waals surface area contributed by atoms with E-state index in [2.05, 4.69) is 4.98 Å². The molecule has 0 aliphatic carbocycles. The monoisotopic (exact) mass is 452 g/mol.